The minimum Gasteiger partial charge on any atom is -0.462 e. The number of carbonyl (C=O) groups is 4. The number of allylic oxidation sites excluding steroid dienone is 14. The fourth-order valence-electron chi connectivity index (χ4n) is 11.1. The van der Waals surface area contributed by atoms with Gasteiger partial charge in [0.05, 0.1) is 26.4 Å². The first-order chi connectivity index (χ1) is 49.7. The number of phosphoric acid groups is 2. The van der Waals surface area contributed by atoms with Crippen LogP contribution in [-0.4, -0.2) is 96.7 Å². The van der Waals surface area contributed by atoms with Gasteiger partial charge in [-0.3, -0.25) is 37.3 Å². The third-order valence-electron chi connectivity index (χ3n) is 17.3. The molecule has 0 bridgehead atoms. The lowest BCUT2D eigenvalue weighted by Crippen LogP contribution is -2.30. The van der Waals surface area contributed by atoms with E-state index in [-0.39, 0.29) is 25.7 Å². The van der Waals surface area contributed by atoms with E-state index < -0.39 is 97.5 Å². The summed E-state index contributed by atoms with van der Waals surface area (Å²) in [4.78, 5) is 73.0. The van der Waals surface area contributed by atoms with Crippen molar-refractivity contribution in [3.8, 4) is 0 Å². The van der Waals surface area contributed by atoms with E-state index in [1.54, 1.807) is 0 Å². The average molecular weight is 1480 g/mol. The molecule has 592 valence electrons. The van der Waals surface area contributed by atoms with E-state index in [9.17, 15) is 43.2 Å². The summed E-state index contributed by atoms with van der Waals surface area (Å²) in [7, 11) is -9.96. The van der Waals surface area contributed by atoms with Gasteiger partial charge in [0.15, 0.2) is 12.2 Å². The molecule has 0 aliphatic heterocycles. The Morgan fingerprint density at radius 2 is 0.510 bits per heavy atom. The summed E-state index contributed by atoms with van der Waals surface area (Å²) < 4.78 is 68.6. The van der Waals surface area contributed by atoms with E-state index in [2.05, 4.69) is 113 Å². The van der Waals surface area contributed by atoms with Crippen molar-refractivity contribution >= 4 is 39.5 Å². The van der Waals surface area contributed by atoms with Crippen LogP contribution in [0, 0.1) is 0 Å². The van der Waals surface area contributed by atoms with Gasteiger partial charge < -0.3 is 33.8 Å². The Kier molecular flexibility index (Phi) is 72.7. The minimum absolute atomic E-state index is 0.0805. The highest BCUT2D eigenvalue weighted by Crippen LogP contribution is 2.45. The summed E-state index contributed by atoms with van der Waals surface area (Å²) in [5.41, 5.74) is 0. The SMILES string of the molecule is CC/C=C\C/C=C\C/C=C\C/C=C\CCCCCCC(=O)OCC(COP(=O)(O)OCC(O)COP(=O)(O)OCC(COC(=O)CCCCCCC/C=C\CCCCCCCC)OC(=O)CCCCCCC/C=C\CCCCCCCC)OC(=O)CCCCCCC/C=C\CCCCCCCC. The lowest BCUT2D eigenvalue weighted by atomic mass is 10.1. The topological polar surface area (TPSA) is 237 Å². The first-order valence-corrected chi connectivity index (χ1v) is 43.8. The van der Waals surface area contributed by atoms with Crippen LogP contribution in [0.15, 0.2) is 85.1 Å². The summed E-state index contributed by atoms with van der Waals surface area (Å²) in [5, 5.41) is 10.6. The Labute approximate surface area is 621 Å². The Hall–Kier alpha value is -3.76. The van der Waals surface area contributed by atoms with Crippen LogP contribution in [0.5, 0.6) is 0 Å². The van der Waals surface area contributed by atoms with Crippen molar-refractivity contribution in [2.45, 2.75) is 380 Å². The number of esters is 4. The van der Waals surface area contributed by atoms with Crippen molar-refractivity contribution in [2.24, 2.45) is 0 Å². The molecule has 17 nitrogen and oxygen atoms in total. The predicted molar refractivity (Wildman–Crippen MR) is 418 cm³/mol. The molecule has 5 atom stereocenters. The molecule has 0 aromatic heterocycles. The van der Waals surface area contributed by atoms with Gasteiger partial charge in [0.25, 0.3) is 0 Å². The molecule has 0 spiro atoms. The number of carbonyl (C=O) groups excluding carboxylic acids is 4. The van der Waals surface area contributed by atoms with Crippen LogP contribution >= 0.6 is 15.6 Å². The highest BCUT2D eigenvalue weighted by atomic mass is 31.2. The van der Waals surface area contributed by atoms with Gasteiger partial charge in [-0.1, -0.05) is 280 Å². The Morgan fingerprint density at radius 1 is 0.284 bits per heavy atom. The fourth-order valence-corrected chi connectivity index (χ4v) is 12.7. The number of hydrogen-bond acceptors (Lipinski definition) is 15. The zero-order valence-corrected chi connectivity index (χ0v) is 66.6. The Balaban J connectivity index is 5.38. The van der Waals surface area contributed by atoms with Crippen molar-refractivity contribution in [2.75, 3.05) is 39.6 Å². The second-order valence-corrected chi connectivity index (χ2v) is 30.2. The first kappa shape index (κ1) is 98.2. The van der Waals surface area contributed by atoms with Gasteiger partial charge in [-0.05, 0) is 141 Å². The summed E-state index contributed by atoms with van der Waals surface area (Å²) >= 11 is 0. The first-order valence-electron chi connectivity index (χ1n) is 40.8. The van der Waals surface area contributed by atoms with E-state index in [4.69, 9.17) is 37.0 Å². The molecule has 0 radical (unpaired) electrons. The molecule has 0 aliphatic rings. The van der Waals surface area contributed by atoms with Gasteiger partial charge in [-0.25, -0.2) is 9.13 Å². The van der Waals surface area contributed by atoms with Crippen molar-refractivity contribution in [3.63, 3.8) is 0 Å². The minimum atomic E-state index is -4.98. The molecule has 0 saturated carbocycles. The predicted octanol–water partition coefficient (Wildman–Crippen LogP) is 23.8. The van der Waals surface area contributed by atoms with E-state index in [1.165, 1.54) is 116 Å². The lowest BCUT2D eigenvalue weighted by Gasteiger charge is -2.21. The Bertz CT molecular complexity index is 2260. The van der Waals surface area contributed by atoms with Gasteiger partial charge in [0.1, 0.15) is 19.3 Å². The summed E-state index contributed by atoms with van der Waals surface area (Å²) in [6, 6.07) is 0. The fraction of sp³-hybridized carbons (Fsp3) is 0.783. The molecule has 0 saturated heterocycles. The number of ether oxygens (including phenoxy) is 4. The average Bonchev–Trinajstić information content (AvgIpc) is 0.923. The number of hydrogen-bond donors (Lipinski definition) is 3. The monoisotopic (exact) mass is 1480 g/mol. The second kappa shape index (κ2) is 75.5. The van der Waals surface area contributed by atoms with E-state index in [0.717, 1.165) is 167 Å². The normalized spacial score (nSPS) is 14.3. The smallest absolute Gasteiger partial charge is 0.462 e. The Morgan fingerprint density at radius 3 is 0.794 bits per heavy atom. The van der Waals surface area contributed by atoms with Crippen molar-refractivity contribution in [1.29, 1.82) is 0 Å². The maximum atomic E-state index is 13.1. The molecular formula is C83H148O17P2. The molecule has 3 N–H and O–H groups in total. The second-order valence-electron chi connectivity index (χ2n) is 27.3. The number of rotatable bonds is 77. The molecule has 0 fully saturated rings. The maximum Gasteiger partial charge on any atom is 0.472 e. The zero-order chi connectivity index (χ0) is 74.6. The third-order valence-corrected chi connectivity index (χ3v) is 19.2. The summed E-state index contributed by atoms with van der Waals surface area (Å²) in [6.07, 6.45) is 78.4. The molecule has 0 aromatic rings. The van der Waals surface area contributed by atoms with E-state index in [0.29, 0.717) is 25.7 Å². The van der Waals surface area contributed by atoms with Crippen LogP contribution in [0.2, 0.25) is 0 Å². The molecule has 0 aliphatic carbocycles. The molecule has 19 heteroatoms. The molecule has 0 heterocycles. The van der Waals surface area contributed by atoms with Gasteiger partial charge in [-0.2, -0.15) is 0 Å². The van der Waals surface area contributed by atoms with E-state index >= 15 is 0 Å². The molecule has 5 unspecified atom stereocenters. The van der Waals surface area contributed by atoms with Crippen LogP contribution in [0.1, 0.15) is 362 Å². The highest BCUT2D eigenvalue weighted by molar-refractivity contribution is 7.47. The van der Waals surface area contributed by atoms with Gasteiger partial charge in [0.2, 0.25) is 0 Å². The lowest BCUT2D eigenvalue weighted by molar-refractivity contribution is -0.161. The summed E-state index contributed by atoms with van der Waals surface area (Å²) in [6.45, 7) is 4.75. The third kappa shape index (κ3) is 74.5. The van der Waals surface area contributed by atoms with Crippen molar-refractivity contribution in [3.05, 3.63) is 85.1 Å². The van der Waals surface area contributed by atoms with Crippen molar-refractivity contribution < 1.29 is 80.2 Å². The van der Waals surface area contributed by atoms with E-state index in [1.807, 2.05) is 0 Å². The van der Waals surface area contributed by atoms with Crippen LogP contribution in [0.25, 0.3) is 0 Å². The van der Waals surface area contributed by atoms with Crippen molar-refractivity contribution in [1.82, 2.24) is 0 Å². The number of aliphatic hydroxyl groups is 1. The molecule has 0 amide bonds. The molecule has 0 rings (SSSR count). The highest BCUT2D eigenvalue weighted by Gasteiger charge is 2.30. The molecule has 102 heavy (non-hydrogen) atoms. The van der Waals surface area contributed by atoms with Gasteiger partial charge >= 0.3 is 39.5 Å². The van der Waals surface area contributed by atoms with Gasteiger partial charge in [0, 0.05) is 25.7 Å². The number of phosphoric ester groups is 2. The van der Waals surface area contributed by atoms with Crippen LogP contribution in [0.4, 0.5) is 0 Å². The van der Waals surface area contributed by atoms with Gasteiger partial charge in [-0.15, -0.1) is 0 Å². The largest absolute Gasteiger partial charge is 0.472 e. The number of aliphatic hydroxyl groups excluding tert-OH is 1. The van der Waals surface area contributed by atoms with Crippen LogP contribution < -0.4 is 0 Å². The molecule has 0 aromatic carbocycles. The summed E-state index contributed by atoms with van der Waals surface area (Å²) in [5.74, 6) is -2.21. The van der Waals surface area contributed by atoms with Crippen LogP contribution in [-0.2, 0) is 65.4 Å². The number of unbranched alkanes of at least 4 members (excludes halogenated alkanes) is 37. The van der Waals surface area contributed by atoms with Crippen LogP contribution in [0.3, 0.4) is 0 Å². The zero-order valence-electron chi connectivity index (χ0n) is 64.8. The maximum absolute atomic E-state index is 13.1. The standard InChI is InChI=1S/C83H148O17P2/c1-5-9-13-17-21-25-29-33-37-38-42-44-48-52-56-60-64-68-81(86)94-74-79(100-83(88)70-66-62-58-54-50-46-41-36-32-28-24-20-16-12-8-4)76-98-102(91,92)96-72-77(84)71-95-101(89,90)97-75-78(99-82(87)69-65-61-57-53-49-45-40-35-31-27-23-19-15-11-7-3)73-93-80(85)67-63-59-55-51-47-43-39-34-30-26-22-18-14-10-6-2/h9,13,21,25,33-37,39-42,44,77-79,84H,5-8,10-12,14-20,22-24,26-32,38,43,45-76H2,1-4H3,(H,89,90)(H,91,92)/b13-9-,25-21-,37-33-,39-34-,40-35-,41-36-,44-42-. The quantitative estimate of drug-likeness (QED) is 0.0169. The molecular weight excluding hydrogens is 1330 g/mol.